The van der Waals surface area contributed by atoms with Crippen LogP contribution >= 0.6 is 23.1 Å². The summed E-state index contributed by atoms with van der Waals surface area (Å²) in [5.41, 5.74) is 3.25. The molecule has 192 valence electrons. The molecule has 1 unspecified atom stereocenters. The van der Waals surface area contributed by atoms with Crippen molar-refractivity contribution in [2.75, 3.05) is 4.90 Å². The molecule has 1 atom stereocenters. The molecule has 1 N–H and O–H groups in total. The van der Waals surface area contributed by atoms with Crippen LogP contribution in [0.25, 0.3) is 5.76 Å². The van der Waals surface area contributed by atoms with Crippen LogP contribution in [0.3, 0.4) is 0 Å². The Morgan fingerprint density at radius 2 is 1.63 bits per heavy atom. The van der Waals surface area contributed by atoms with E-state index >= 15 is 0 Å². The number of benzene rings is 3. The second kappa shape index (κ2) is 10.5. The van der Waals surface area contributed by atoms with E-state index in [0.717, 1.165) is 28.0 Å². The number of aromatic nitrogens is 2. The number of nitrogens with zero attached hydrogens (tertiary/aromatic N) is 3. The lowest BCUT2D eigenvalue weighted by Gasteiger charge is -2.22. The first kappa shape index (κ1) is 25.7. The van der Waals surface area contributed by atoms with Crippen molar-refractivity contribution in [1.29, 1.82) is 0 Å². The molecule has 0 spiro atoms. The van der Waals surface area contributed by atoms with Crippen LogP contribution < -0.4 is 4.90 Å². The topological polar surface area (TPSA) is 83.4 Å². The van der Waals surface area contributed by atoms with Crippen LogP contribution in [0, 0.1) is 25.5 Å². The highest BCUT2D eigenvalue weighted by Gasteiger charge is 2.48. The van der Waals surface area contributed by atoms with E-state index in [9.17, 15) is 23.5 Å². The molecule has 0 radical (unpaired) electrons. The Labute approximate surface area is 225 Å². The average molecular weight is 550 g/mol. The second-order valence-electron chi connectivity index (χ2n) is 8.80. The van der Waals surface area contributed by atoms with Gasteiger partial charge in [0.25, 0.3) is 5.78 Å². The fraction of sp³-hybridized carbons (Fsp3) is 0.143. The van der Waals surface area contributed by atoms with E-state index in [2.05, 4.69) is 10.2 Å². The van der Waals surface area contributed by atoms with Gasteiger partial charge in [0, 0.05) is 11.3 Å². The minimum Gasteiger partial charge on any atom is -0.507 e. The first-order valence-corrected chi connectivity index (χ1v) is 13.4. The molecule has 1 fully saturated rings. The maximum Gasteiger partial charge on any atom is 0.301 e. The number of ketones is 1. The van der Waals surface area contributed by atoms with Crippen molar-refractivity contribution in [2.24, 2.45) is 0 Å². The molecule has 1 aromatic heterocycles. The molecule has 3 aromatic carbocycles. The summed E-state index contributed by atoms with van der Waals surface area (Å²) < 4.78 is 27.5. The standard InChI is InChI=1S/C28H21F2N3O3S2/c1-15-3-4-16(2)21(13-15)24(34)22-23(18-7-11-20(30)12-8-18)33(26(36)25(22)35)27-31-32-28(38-27)37-14-17-5-9-19(29)10-6-17/h3-13,23,34H,14H2,1-2H3/b24-22+. The molecule has 1 aliphatic heterocycles. The molecule has 0 aliphatic carbocycles. The van der Waals surface area contributed by atoms with Gasteiger partial charge in [0.1, 0.15) is 17.4 Å². The Balaban J connectivity index is 1.55. The lowest BCUT2D eigenvalue weighted by atomic mass is 9.93. The Morgan fingerprint density at radius 3 is 2.32 bits per heavy atom. The lowest BCUT2D eigenvalue weighted by Crippen LogP contribution is -2.29. The third-order valence-corrected chi connectivity index (χ3v) is 8.28. The van der Waals surface area contributed by atoms with Crippen LogP contribution in [0.4, 0.5) is 13.9 Å². The highest BCUT2D eigenvalue weighted by atomic mass is 32.2. The molecule has 38 heavy (non-hydrogen) atoms. The Hall–Kier alpha value is -3.89. The van der Waals surface area contributed by atoms with E-state index in [1.807, 2.05) is 19.1 Å². The van der Waals surface area contributed by atoms with E-state index in [0.29, 0.717) is 21.2 Å². The van der Waals surface area contributed by atoms with Gasteiger partial charge in [0.05, 0.1) is 11.6 Å². The van der Waals surface area contributed by atoms with Gasteiger partial charge in [-0.05, 0) is 60.9 Å². The van der Waals surface area contributed by atoms with E-state index < -0.39 is 23.5 Å². The Bertz CT molecular complexity index is 1570. The summed E-state index contributed by atoms with van der Waals surface area (Å²) >= 11 is 2.47. The molecule has 0 bridgehead atoms. The number of aliphatic hydroxyl groups excluding tert-OH is 1. The summed E-state index contributed by atoms with van der Waals surface area (Å²) in [6.45, 7) is 3.66. The van der Waals surface area contributed by atoms with Gasteiger partial charge >= 0.3 is 5.91 Å². The minimum atomic E-state index is -1.03. The number of aliphatic hydroxyl groups is 1. The molecule has 4 aromatic rings. The van der Waals surface area contributed by atoms with E-state index in [1.54, 1.807) is 25.1 Å². The van der Waals surface area contributed by atoms with Gasteiger partial charge in [-0.3, -0.25) is 14.5 Å². The summed E-state index contributed by atoms with van der Waals surface area (Å²) in [6.07, 6.45) is 0. The zero-order chi connectivity index (χ0) is 27.0. The van der Waals surface area contributed by atoms with Crippen molar-refractivity contribution in [2.45, 2.75) is 30.0 Å². The average Bonchev–Trinajstić information content (AvgIpc) is 3.47. The molecular formula is C28H21F2N3O3S2. The molecule has 5 rings (SSSR count). The first-order valence-electron chi connectivity index (χ1n) is 11.6. The van der Waals surface area contributed by atoms with Crippen LogP contribution in [-0.4, -0.2) is 27.0 Å². The van der Waals surface area contributed by atoms with Gasteiger partial charge in [-0.2, -0.15) is 0 Å². The number of amides is 1. The van der Waals surface area contributed by atoms with Crippen LogP contribution in [0.2, 0.25) is 0 Å². The predicted molar refractivity (Wildman–Crippen MR) is 143 cm³/mol. The van der Waals surface area contributed by atoms with Gasteiger partial charge < -0.3 is 5.11 Å². The first-order chi connectivity index (χ1) is 18.2. The molecule has 1 saturated heterocycles. The zero-order valence-electron chi connectivity index (χ0n) is 20.3. The van der Waals surface area contributed by atoms with Crippen molar-refractivity contribution >= 4 is 45.7 Å². The van der Waals surface area contributed by atoms with Crippen LogP contribution in [0.1, 0.15) is 33.9 Å². The Kier molecular flexibility index (Phi) is 7.09. The number of halogens is 2. The molecule has 1 aliphatic rings. The fourth-order valence-electron chi connectivity index (χ4n) is 4.21. The summed E-state index contributed by atoms with van der Waals surface area (Å²) in [7, 11) is 0. The third-order valence-electron chi connectivity index (χ3n) is 6.16. The zero-order valence-corrected chi connectivity index (χ0v) is 21.9. The highest BCUT2D eigenvalue weighted by Crippen LogP contribution is 2.44. The van der Waals surface area contributed by atoms with E-state index in [4.69, 9.17) is 0 Å². The van der Waals surface area contributed by atoms with Crippen LogP contribution in [-0.2, 0) is 15.3 Å². The molecule has 2 heterocycles. The molecule has 10 heteroatoms. The van der Waals surface area contributed by atoms with Gasteiger partial charge in [0.2, 0.25) is 5.13 Å². The number of carbonyl (C=O) groups excluding carboxylic acids is 2. The number of hydrogen-bond donors (Lipinski definition) is 1. The van der Waals surface area contributed by atoms with Crippen molar-refractivity contribution in [3.8, 4) is 0 Å². The molecular weight excluding hydrogens is 528 g/mol. The fourth-order valence-corrected chi connectivity index (χ4v) is 6.03. The second-order valence-corrected chi connectivity index (χ2v) is 11.0. The number of hydrogen-bond acceptors (Lipinski definition) is 7. The summed E-state index contributed by atoms with van der Waals surface area (Å²) in [5, 5.41) is 19.8. The van der Waals surface area contributed by atoms with Gasteiger partial charge in [-0.15, -0.1) is 10.2 Å². The maximum atomic E-state index is 13.8. The number of aryl methyl sites for hydroxylation is 2. The highest BCUT2D eigenvalue weighted by molar-refractivity contribution is 8.00. The van der Waals surface area contributed by atoms with Crippen molar-refractivity contribution < 1.29 is 23.5 Å². The van der Waals surface area contributed by atoms with Crippen molar-refractivity contribution in [3.63, 3.8) is 0 Å². The molecule has 6 nitrogen and oxygen atoms in total. The summed E-state index contributed by atoms with van der Waals surface area (Å²) in [4.78, 5) is 27.9. The number of carbonyl (C=O) groups is 2. The SMILES string of the molecule is Cc1ccc(C)c(/C(O)=C2\C(=O)C(=O)N(c3nnc(SCc4ccc(F)cc4)s3)C2c2ccc(F)cc2)c1. The quantitative estimate of drug-likeness (QED) is 0.0992. The van der Waals surface area contributed by atoms with E-state index in [1.165, 1.54) is 53.1 Å². The molecule has 1 amide bonds. The van der Waals surface area contributed by atoms with Crippen molar-refractivity contribution in [3.05, 3.63) is 112 Å². The molecule has 0 saturated carbocycles. The normalized spacial score (nSPS) is 16.8. The number of thioether (sulfide) groups is 1. The predicted octanol–water partition coefficient (Wildman–Crippen LogP) is 6.35. The van der Waals surface area contributed by atoms with Gasteiger partial charge in [-0.1, -0.05) is 65.1 Å². The third kappa shape index (κ3) is 4.97. The van der Waals surface area contributed by atoms with E-state index in [-0.39, 0.29) is 22.3 Å². The Morgan fingerprint density at radius 1 is 0.974 bits per heavy atom. The van der Waals surface area contributed by atoms with Gasteiger partial charge in [-0.25, -0.2) is 8.78 Å². The summed E-state index contributed by atoms with van der Waals surface area (Å²) in [6, 6.07) is 15.9. The number of Topliss-reactive ketones (excluding diaryl/α,β-unsaturated/α-hetero) is 1. The number of rotatable bonds is 6. The largest absolute Gasteiger partial charge is 0.507 e. The van der Waals surface area contributed by atoms with Gasteiger partial charge in [0.15, 0.2) is 4.34 Å². The van der Waals surface area contributed by atoms with Crippen molar-refractivity contribution in [1.82, 2.24) is 10.2 Å². The smallest absolute Gasteiger partial charge is 0.301 e. The lowest BCUT2D eigenvalue weighted by molar-refractivity contribution is -0.132. The number of anilines is 1. The minimum absolute atomic E-state index is 0.106. The maximum absolute atomic E-state index is 13.8. The van der Waals surface area contributed by atoms with Crippen LogP contribution in [0.15, 0.2) is 76.6 Å². The van der Waals surface area contributed by atoms with Crippen LogP contribution in [0.5, 0.6) is 0 Å². The summed E-state index contributed by atoms with van der Waals surface area (Å²) in [5.74, 6) is -2.34. The monoisotopic (exact) mass is 549 g/mol.